The Kier molecular flexibility index (Phi) is 5.10. The lowest BCUT2D eigenvalue weighted by molar-refractivity contribution is 0.262. The van der Waals surface area contributed by atoms with Gasteiger partial charge in [0.05, 0.1) is 5.84 Å². The summed E-state index contributed by atoms with van der Waals surface area (Å²) in [7, 11) is 0. The first-order chi connectivity index (χ1) is 8.02. The Morgan fingerprint density at radius 1 is 1.53 bits per heavy atom. The van der Waals surface area contributed by atoms with E-state index >= 15 is 0 Å². The SMILES string of the molecule is CCN(Cc1cccc(F)c1)CC(C)C(=N)N. The van der Waals surface area contributed by atoms with Gasteiger partial charge in [0.15, 0.2) is 0 Å². The topological polar surface area (TPSA) is 53.1 Å². The van der Waals surface area contributed by atoms with E-state index in [0.29, 0.717) is 6.54 Å². The molecule has 0 aromatic heterocycles. The minimum absolute atomic E-state index is 0.0310. The first-order valence-electron chi connectivity index (χ1n) is 5.83. The molecule has 1 aromatic rings. The first kappa shape index (κ1) is 13.6. The fourth-order valence-electron chi connectivity index (χ4n) is 1.68. The number of rotatable bonds is 6. The van der Waals surface area contributed by atoms with E-state index in [9.17, 15) is 4.39 Å². The van der Waals surface area contributed by atoms with Crippen LogP contribution in [-0.2, 0) is 6.54 Å². The van der Waals surface area contributed by atoms with Crippen molar-refractivity contribution in [3.05, 3.63) is 35.6 Å². The number of amidine groups is 1. The molecule has 0 aliphatic carbocycles. The van der Waals surface area contributed by atoms with Gasteiger partial charge in [-0.25, -0.2) is 4.39 Å². The molecular formula is C13H20FN3. The zero-order valence-corrected chi connectivity index (χ0v) is 10.4. The number of nitrogens with one attached hydrogen (secondary N) is 1. The molecule has 1 atom stereocenters. The fourth-order valence-corrected chi connectivity index (χ4v) is 1.68. The maximum absolute atomic E-state index is 13.0. The van der Waals surface area contributed by atoms with Crippen molar-refractivity contribution in [3.8, 4) is 0 Å². The van der Waals surface area contributed by atoms with Gasteiger partial charge in [-0.3, -0.25) is 10.3 Å². The molecule has 94 valence electrons. The van der Waals surface area contributed by atoms with E-state index in [1.807, 2.05) is 19.9 Å². The van der Waals surface area contributed by atoms with E-state index in [1.165, 1.54) is 6.07 Å². The summed E-state index contributed by atoms with van der Waals surface area (Å²) >= 11 is 0. The third-order valence-electron chi connectivity index (χ3n) is 2.81. The second kappa shape index (κ2) is 6.35. The molecule has 0 aliphatic heterocycles. The molecule has 0 amide bonds. The first-order valence-corrected chi connectivity index (χ1v) is 5.83. The summed E-state index contributed by atoms with van der Waals surface area (Å²) in [6.07, 6.45) is 0. The molecule has 0 saturated carbocycles. The molecule has 3 N–H and O–H groups in total. The Labute approximate surface area is 102 Å². The van der Waals surface area contributed by atoms with Crippen LogP contribution in [0.2, 0.25) is 0 Å². The number of nitrogens with two attached hydrogens (primary N) is 1. The van der Waals surface area contributed by atoms with Crippen LogP contribution in [0.25, 0.3) is 0 Å². The van der Waals surface area contributed by atoms with Crippen LogP contribution in [0.5, 0.6) is 0 Å². The molecule has 1 rings (SSSR count). The predicted octanol–water partition coefficient (Wildman–Crippen LogP) is 2.22. The van der Waals surface area contributed by atoms with Crippen molar-refractivity contribution in [3.63, 3.8) is 0 Å². The maximum atomic E-state index is 13.0. The summed E-state index contributed by atoms with van der Waals surface area (Å²) < 4.78 is 13.0. The highest BCUT2D eigenvalue weighted by Gasteiger charge is 2.11. The van der Waals surface area contributed by atoms with E-state index in [2.05, 4.69) is 4.90 Å². The lowest BCUT2D eigenvalue weighted by atomic mass is 10.1. The second-order valence-corrected chi connectivity index (χ2v) is 4.31. The second-order valence-electron chi connectivity index (χ2n) is 4.31. The molecule has 17 heavy (non-hydrogen) atoms. The molecule has 3 nitrogen and oxygen atoms in total. The highest BCUT2D eigenvalue weighted by Crippen LogP contribution is 2.09. The zero-order valence-electron chi connectivity index (χ0n) is 10.4. The monoisotopic (exact) mass is 237 g/mol. The molecule has 0 fully saturated rings. The maximum Gasteiger partial charge on any atom is 0.123 e. The number of nitrogens with zero attached hydrogens (tertiary/aromatic N) is 1. The van der Waals surface area contributed by atoms with Crippen LogP contribution in [0, 0.1) is 17.1 Å². The largest absolute Gasteiger partial charge is 0.387 e. The molecule has 0 radical (unpaired) electrons. The minimum atomic E-state index is -0.210. The molecule has 0 bridgehead atoms. The number of halogens is 1. The summed E-state index contributed by atoms with van der Waals surface area (Å²) in [5.74, 6) is 0.0179. The van der Waals surface area contributed by atoms with Gasteiger partial charge in [0.2, 0.25) is 0 Å². The average molecular weight is 237 g/mol. The van der Waals surface area contributed by atoms with E-state index in [4.69, 9.17) is 11.1 Å². The number of benzene rings is 1. The number of hydrogen-bond donors (Lipinski definition) is 2. The van der Waals surface area contributed by atoms with E-state index < -0.39 is 0 Å². The zero-order chi connectivity index (χ0) is 12.8. The standard InChI is InChI=1S/C13H20FN3/c1-3-17(8-10(2)13(15)16)9-11-5-4-6-12(14)7-11/h4-7,10H,3,8-9H2,1-2H3,(H3,15,16). The highest BCUT2D eigenvalue weighted by molar-refractivity contribution is 5.79. The Morgan fingerprint density at radius 2 is 2.24 bits per heavy atom. The normalized spacial score (nSPS) is 12.7. The van der Waals surface area contributed by atoms with Crippen molar-refractivity contribution in [1.29, 1.82) is 5.41 Å². The van der Waals surface area contributed by atoms with Crippen molar-refractivity contribution in [2.24, 2.45) is 11.7 Å². The van der Waals surface area contributed by atoms with Crippen molar-refractivity contribution < 1.29 is 4.39 Å². The van der Waals surface area contributed by atoms with E-state index in [-0.39, 0.29) is 17.6 Å². The third kappa shape index (κ3) is 4.53. The van der Waals surface area contributed by atoms with Gasteiger partial charge in [0.25, 0.3) is 0 Å². The van der Waals surface area contributed by atoms with Crippen LogP contribution in [0.1, 0.15) is 19.4 Å². The number of hydrogen-bond acceptors (Lipinski definition) is 2. The Balaban J connectivity index is 2.61. The summed E-state index contributed by atoms with van der Waals surface area (Å²) in [6, 6.07) is 6.61. The van der Waals surface area contributed by atoms with Gasteiger partial charge in [-0.2, -0.15) is 0 Å². The third-order valence-corrected chi connectivity index (χ3v) is 2.81. The van der Waals surface area contributed by atoms with Crippen LogP contribution in [-0.4, -0.2) is 23.8 Å². The van der Waals surface area contributed by atoms with E-state index in [1.54, 1.807) is 12.1 Å². The van der Waals surface area contributed by atoms with Crippen molar-refractivity contribution >= 4 is 5.84 Å². The summed E-state index contributed by atoms with van der Waals surface area (Å²) in [6.45, 7) is 6.24. The summed E-state index contributed by atoms with van der Waals surface area (Å²) in [4.78, 5) is 2.15. The quantitative estimate of drug-likeness (QED) is 0.589. The molecule has 0 heterocycles. The predicted molar refractivity (Wildman–Crippen MR) is 68.4 cm³/mol. The molecular weight excluding hydrogens is 217 g/mol. The van der Waals surface area contributed by atoms with Crippen molar-refractivity contribution in [2.45, 2.75) is 20.4 Å². The van der Waals surface area contributed by atoms with Crippen molar-refractivity contribution in [2.75, 3.05) is 13.1 Å². The highest BCUT2D eigenvalue weighted by atomic mass is 19.1. The van der Waals surface area contributed by atoms with Crippen LogP contribution in [0.15, 0.2) is 24.3 Å². The Bertz CT molecular complexity index is 379. The van der Waals surface area contributed by atoms with Gasteiger partial charge in [0.1, 0.15) is 5.82 Å². The molecule has 1 aromatic carbocycles. The van der Waals surface area contributed by atoms with Gasteiger partial charge in [0, 0.05) is 19.0 Å². The Hall–Kier alpha value is -1.42. The van der Waals surface area contributed by atoms with Crippen LogP contribution in [0.3, 0.4) is 0 Å². The molecule has 0 spiro atoms. The van der Waals surface area contributed by atoms with Gasteiger partial charge in [-0.05, 0) is 24.2 Å². The molecule has 0 aliphatic rings. The van der Waals surface area contributed by atoms with Crippen LogP contribution >= 0.6 is 0 Å². The van der Waals surface area contributed by atoms with Gasteiger partial charge >= 0.3 is 0 Å². The summed E-state index contributed by atoms with van der Waals surface area (Å²) in [5.41, 5.74) is 6.40. The molecule has 1 unspecified atom stereocenters. The van der Waals surface area contributed by atoms with E-state index in [0.717, 1.165) is 18.7 Å². The average Bonchev–Trinajstić information content (AvgIpc) is 2.27. The minimum Gasteiger partial charge on any atom is -0.387 e. The van der Waals surface area contributed by atoms with Gasteiger partial charge in [-0.15, -0.1) is 0 Å². The van der Waals surface area contributed by atoms with Crippen LogP contribution in [0.4, 0.5) is 4.39 Å². The lowest BCUT2D eigenvalue weighted by Crippen LogP contribution is -2.34. The van der Waals surface area contributed by atoms with Gasteiger partial charge in [-0.1, -0.05) is 26.0 Å². The smallest absolute Gasteiger partial charge is 0.123 e. The fraction of sp³-hybridized carbons (Fsp3) is 0.462. The Morgan fingerprint density at radius 3 is 2.76 bits per heavy atom. The van der Waals surface area contributed by atoms with Crippen LogP contribution < -0.4 is 5.73 Å². The van der Waals surface area contributed by atoms with Gasteiger partial charge < -0.3 is 5.73 Å². The molecule has 4 heteroatoms. The summed E-state index contributed by atoms with van der Waals surface area (Å²) in [5, 5.41) is 7.37. The van der Waals surface area contributed by atoms with Crippen molar-refractivity contribution in [1.82, 2.24) is 4.90 Å². The lowest BCUT2D eigenvalue weighted by Gasteiger charge is -2.23. The molecule has 0 saturated heterocycles.